The summed E-state index contributed by atoms with van der Waals surface area (Å²) in [6.45, 7) is 9.30. The van der Waals surface area contributed by atoms with Crippen LogP contribution in [0.3, 0.4) is 0 Å². The predicted octanol–water partition coefficient (Wildman–Crippen LogP) is 5.27. The number of rotatable bonds is 3. The summed E-state index contributed by atoms with van der Waals surface area (Å²) >= 11 is 0. The zero-order valence-corrected chi connectivity index (χ0v) is 15.3. The van der Waals surface area contributed by atoms with E-state index in [9.17, 15) is 0 Å². The second-order valence-corrected chi connectivity index (χ2v) is 12.1. The van der Waals surface area contributed by atoms with E-state index in [0.29, 0.717) is 0 Å². The molecule has 0 aliphatic carbocycles. The average molecular weight is 318 g/mol. The average Bonchev–Trinajstić information content (AvgIpc) is 2.54. The molecule has 0 aliphatic rings. The molecule has 0 amide bonds. The molecule has 23 heavy (non-hydrogen) atoms. The lowest BCUT2D eigenvalue weighted by Gasteiger charge is -2.21. The third-order valence-corrected chi connectivity index (χ3v) is 6.19. The van der Waals surface area contributed by atoms with Gasteiger partial charge in [-0.15, -0.1) is 0 Å². The lowest BCUT2D eigenvalue weighted by Crippen LogP contribution is -2.38. The number of aryl methyl sites for hydroxylation is 1. The summed E-state index contributed by atoms with van der Waals surface area (Å²) in [6.07, 6.45) is 1.87. The summed E-state index contributed by atoms with van der Waals surface area (Å²) in [7, 11) is -1.36. The summed E-state index contributed by atoms with van der Waals surface area (Å²) < 4.78 is 0. The molecule has 0 fully saturated rings. The van der Waals surface area contributed by atoms with Crippen molar-refractivity contribution in [1.29, 1.82) is 0 Å². The zero-order valence-electron chi connectivity index (χ0n) is 14.3. The molecular formula is C21H23NSi. The first kappa shape index (κ1) is 15.7. The van der Waals surface area contributed by atoms with Gasteiger partial charge in [-0.25, -0.2) is 0 Å². The van der Waals surface area contributed by atoms with E-state index in [1.807, 2.05) is 12.3 Å². The largest absolute Gasteiger partial charge is 0.256 e. The Morgan fingerprint density at radius 3 is 2.09 bits per heavy atom. The monoisotopic (exact) mass is 317 g/mol. The fraction of sp³-hybridized carbons (Fsp3) is 0.190. The minimum Gasteiger partial charge on any atom is -0.256 e. The summed E-state index contributed by atoms with van der Waals surface area (Å²) in [5.41, 5.74) is 6.11. The standard InChI is InChI=1S/C21H23NSi/c1-16-13-14-22-20(15-16)18-11-9-17(10-12-18)19-7-5-6-8-21(19)23(2,3)4/h5-15H,1-4H3. The van der Waals surface area contributed by atoms with Crippen molar-refractivity contribution in [1.82, 2.24) is 4.98 Å². The van der Waals surface area contributed by atoms with Gasteiger partial charge in [0.2, 0.25) is 0 Å². The van der Waals surface area contributed by atoms with Gasteiger partial charge in [-0.3, -0.25) is 4.98 Å². The smallest absolute Gasteiger partial charge is 0.0784 e. The van der Waals surface area contributed by atoms with Crippen LogP contribution in [0.2, 0.25) is 19.6 Å². The Morgan fingerprint density at radius 2 is 1.43 bits per heavy atom. The van der Waals surface area contributed by atoms with Gasteiger partial charge in [0.15, 0.2) is 0 Å². The first-order chi connectivity index (χ1) is 10.9. The highest BCUT2D eigenvalue weighted by molar-refractivity contribution is 6.89. The fourth-order valence-corrected chi connectivity index (χ4v) is 4.54. The molecule has 0 aliphatic heterocycles. The molecule has 1 nitrogen and oxygen atoms in total. The van der Waals surface area contributed by atoms with Crippen molar-refractivity contribution < 1.29 is 0 Å². The van der Waals surface area contributed by atoms with Crippen molar-refractivity contribution in [2.75, 3.05) is 0 Å². The normalized spacial score (nSPS) is 11.5. The van der Waals surface area contributed by atoms with Crippen molar-refractivity contribution in [3.05, 3.63) is 72.4 Å². The summed E-state index contributed by atoms with van der Waals surface area (Å²) in [4.78, 5) is 4.48. The molecule has 0 saturated heterocycles. The SMILES string of the molecule is Cc1ccnc(-c2ccc(-c3ccccc3[Si](C)(C)C)cc2)c1. The maximum Gasteiger partial charge on any atom is 0.0784 e. The van der Waals surface area contributed by atoms with Gasteiger partial charge in [0.1, 0.15) is 0 Å². The summed E-state index contributed by atoms with van der Waals surface area (Å²) in [5.74, 6) is 0. The lowest BCUT2D eigenvalue weighted by molar-refractivity contribution is 1.29. The van der Waals surface area contributed by atoms with E-state index in [4.69, 9.17) is 0 Å². The van der Waals surface area contributed by atoms with Gasteiger partial charge in [0, 0.05) is 11.8 Å². The first-order valence-electron chi connectivity index (χ1n) is 8.08. The molecule has 0 bridgehead atoms. The number of aromatic nitrogens is 1. The fourth-order valence-electron chi connectivity index (χ4n) is 2.90. The van der Waals surface area contributed by atoms with Crippen LogP contribution in [0.25, 0.3) is 22.4 Å². The number of nitrogens with zero attached hydrogens (tertiary/aromatic N) is 1. The molecular weight excluding hydrogens is 294 g/mol. The van der Waals surface area contributed by atoms with Crippen molar-refractivity contribution in [3.8, 4) is 22.4 Å². The summed E-state index contributed by atoms with van der Waals surface area (Å²) in [5, 5.41) is 1.52. The lowest BCUT2D eigenvalue weighted by atomic mass is 10.0. The number of hydrogen-bond donors (Lipinski definition) is 0. The molecule has 0 atom stereocenters. The molecule has 0 N–H and O–H groups in total. The highest BCUT2D eigenvalue weighted by Crippen LogP contribution is 2.24. The number of hydrogen-bond acceptors (Lipinski definition) is 1. The maximum absolute atomic E-state index is 4.48. The maximum atomic E-state index is 4.48. The van der Waals surface area contributed by atoms with Crippen LogP contribution in [0, 0.1) is 6.92 Å². The van der Waals surface area contributed by atoms with E-state index in [1.54, 1.807) is 0 Å². The molecule has 0 saturated carbocycles. The van der Waals surface area contributed by atoms with Crippen molar-refractivity contribution >= 4 is 13.3 Å². The third-order valence-electron chi connectivity index (χ3n) is 4.14. The van der Waals surface area contributed by atoms with Crippen molar-refractivity contribution in [3.63, 3.8) is 0 Å². The van der Waals surface area contributed by atoms with Gasteiger partial charge in [0.05, 0.1) is 13.8 Å². The van der Waals surface area contributed by atoms with E-state index in [1.165, 1.54) is 27.4 Å². The minimum atomic E-state index is -1.36. The van der Waals surface area contributed by atoms with Crippen LogP contribution in [0.15, 0.2) is 66.9 Å². The van der Waals surface area contributed by atoms with Crippen LogP contribution in [-0.4, -0.2) is 13.1 Å². The Hall–Kier alpha value is -2.19. The van der Waals surface area contributed by atoms with Crippen LogP contribution >= 0.6 is 0 Å². The Balaban J connectivity index is 2.01. The van der Waals surface area contributed by atoms with Gasteiger partial charge < -0.3 is 0 Å². The van der Waals surface area contributed by atoms with E-state index in [2.05, 4.69) is 86.1 Å². The molecule has 0 radical (unpaired) electrons. The van der Waals surface area contributed by atoms with Crippen LogP contribution in [0.1, 0.15) is 5.56 Å². The Labute approximate surface area is 140 Å². The molecule has 3 aromatic rings. The molecule has 2 aromatic carbocycles. The minimum absolute atomic E-state index is 1.04. The molecule has 116 valence electrons. The molecule has 2 heteroatoms. The number of benzene rings is 2. The molecule has 0 spiro atoms. The van der Waals surface area contributed by atoms with Crippen LogP contribution in [0.5, 0.6) is 0 Å². The third kappa shape index (κ3) is 3.43. The second kappa shape index (κ2) is 6.13. The van der Waals surface area contributed by atoms with E-state index < -0.39 is 8.07 Å². The quantitative estimate of drug-likeness (QED) is 0.600. The second-order valence-electron chi connectivity index (χ2n) is 7.09. The van der Waals surface area contributed by atoms with Crippen molar-refractivity contribution in [2.45, 2.75) is 26.6 Å². The van der Waals surface area contributed by atoms with Crippen molar-refractivity contribution in [2.24, 2.45) is 0 Å². The Bertz CT molecular complexity index is 814. The zero-order chi connectivity index (χ0) is 16.4. The van der Waals surface area contributed by atoms with E-state index in [-0.39, 0.29) is 0 Å². The Kier molecular flexibility index (Phi) is 4.18. The van der Waals surface area contributed by atoms with E-state index >= 15 is 0 Å². The highest BCUT2D eigenvalue weighted by Gasteiger charge is 2.20. The van der Waals surface area contributed by atoms with Gasteiger partial charge in [-0.1, -0.05) is 73.4 Å². The van der Waals surface area contributed by atoms with Crippen LogP contribution in [-0.2, 0) is 0 Å². The topological polar surface area (TPSA) is 12.9 Å². The van der Waals surface area contributed by atoms with Gasteiger partial charge in [-0.05, 0) is 35.7 Å². The van der Waals surface area contributed by atoms with Gasteiger partial charge in [0.25, 0.3) is 0 Å². The van der Waals surface area contributed by atoms with Crippen LogP contribution in [0.4, 0.5) is 0 Å². The molecule has 0 unspecified atom stereocenters. The summed E-state index contributed by atoms with van der Waals surface area (Å²) in [6, 6.07) is 21.8. The highest BCUT2D eigenvalue weighted by atomic mass is 28.3. The van der Waals surface area contributed by atoms with Gasteiger partial charge in [-0.2, -0.15) is 0 Å². The van der Waals surface area contributed by atoms with E-state index in [0.717, 1.165) is 5.69 Å². The number of pyridine rings is 1. The molecule has 1 aromatic heterocycles. The molecule has 3 rings (SSSR count). The Morgan fingerprint density at radius 1 is 0.783 bits per heavy atom. The van der Waals surface area contributed by atoms with Gasteiger partial charge >= 0.3 is 0 Å². The molecule has 1 heterocycles. The predicted molar refractivity (Wildman–Crippen MR) is 103 cm³/mol. The first-order valence-corrected chi connectivity index (χ1v) is 11.6. The van der Waals surface area contributed by atoms with Crippen LogP contribution < -0.4 is 5.19 Å².